The normalized spacial score (nSPS) is 27.6. The summed E-state index contributed by atoms with van der Waals surface area (Å²) in [7, 11) is 0. The van der Waals surface area contributed by atoms with E-state index in [1.165, 1.54) is 6.42 Å². The molecule has 1 aliphatic rings. The summed E-state index contributed by atoms with van der Waals surface area (Å²) in [4.78, 5) is 4.35. The molecule has 76 valence electrons. The summed E-state index contributed by atoms with van der Waals surface area (Å²) in [6.07, 6.45) is 5.94. The minimum Gasteiger partial charge on any atom is -0.392 e. The third kappa shape index (κ3) is 2.15. The van der Waals surface area contributed by atoms with Crippen molar-refractivity contribution in [3.63, 3.8) is 0 Å². The maximum Gasteiger partial charge on any atom is 0.0623 e. The minimum atomic E-state index is -0.197. The highest BCUT2D eigenvalue weighted by Gasteiger charge is 2.25. The lowest BCUT2D eigenvalue weighted by atomic mass is 9.84. The molecule has 2 rings (SSSR count). The van der Waals surface area contributed by atoms with Crippen LogP contribution in [0.5, 0.6) is 0 Å². The molecule has 1 fully saturated rings. The molecular weight excluding hydrogens is 242 g/mol. The molecule has 2 atom stereocenters. The lowest BCUT2D eigenvalue weighted by molar-refractivity contribution is 0.104. The maximum absolute atomic E-state index is 9.84. The van der Waals surface area contributed by atoms with Gasteiger partial charge in [0.25, 0.3) is 0 Å². The van der Waals surface area contributed by atoms with Gasteiger partial charge in [-0.25, -0.2) is 0 Å². The lowest BCUT2D eigenvalue weighted by Crippen LogP contribution is -2.23. The summed E-state index contributed by atoms with van der Waals surface area (Å²) >= 11 is 3.36. The number of aromatic nitrogens is 1. The van der Waals surface area contributed by atoms with E-state index in [4.69, 9.17) is 0 Å². The van der Waals surface area contributed by atoms with Crippen molar-refractivity contribution < 1.29 is 5.11 Å². The van der Waals surface area contributed by atoms with E-state index in [9.17, 15) is 5.11 Å². The Morgan fingerprint density at radius 2 is 2.07 bits per heavy atom. The zero-order valence-corrected chi connectivity index (χ0v) is 9.57. The van der Waals surface area contributed by atoms with Crippen LogP contribution in [0.4, 0.5) is 0 Å². The first kappa shape index (κ1) is 10.1. The summed E-state index contributed by atoms with van der Waals surface area (Å²) in [5, 5.41) is 9.84. The van der Waals surface area contributed by atoms with Crippen LogP contribution in [-0.4, -0.2) is 16.2 Å². The maximum atomic E-state index is 9.84. The molecule has 14 heavy (non-hydrogen) atoms. The van der Waals surface area contributed by atoms with Crippen LogP contribution in [0.25, 0.3) is 0 Å². The van der Waals surface area contributed by atoms with Crippen molar-refractivity contribution in [1.82, 2.24) is 4.98 Å². The highest BCUT2D eigenvalue weighted by molar-refractivity contribution is 9.10. The number of hydrogen-bond acceptors (Lipinski definition) is 2. The van der Waals surface area contributed by atoms with Gasteiger partial charge in [-0.1, -0.05) is 12.8 Å². The van der Waals surface area contributed by atoms with Crippen molar-refractivity contribution in [2.45, 2.75) is 37.7 Å². The molecule has 1 aromatic heterocycles. The van der Waals surface area contributed by atoms with Gasteiger partial charge < -0.3 is 5.11 Å². The van der Waals surface area contributed by atoms with E-state index in [-0.39, 0.29) is 12.0 Å². The average molecular weight is 256 g/mol. The third-order valence-electron chi connectivity index (χ3n) is 2.86. The van der Waals surface area contributed by atoms with Gasteiger partial charge in [0.1, 0.15) is 0 Å². The van der Waals surface area contributed by atoms with Gasteiger partial charge in [0.2, 0.25) is 0 Å². The second-order valence-corrected chi connectivity index (χ2v) is 4.78. The summed E-state index contributed by atoms with van der Waals surface area (Å²) in [5.41, 5.74) is 1.03. The molecule has 0 radical (unpaired) electrons. The van der Waals surface area contributed by atoms with Gasteiger partial charge >= 0.3 is 0 Å². The number of aliphatic hydroxyl groups excluding tert-OH is 1. The molecule has 1 heterocycles. The van der Waals surface area contributed by atoms with Gasteiger partial charge in [-0.2, -0.15) is 0 Å². The summed E-state index contributed by atoms with van der Waals surface area (Å²) in [6, 6.07) is 3.99. The SMILES string of the molecule is O[C@@H]1CCCC[C@H]1c1ccc(Br)cn1. The number of hydrogen-bond donors (Lipinski definition) is 1. The van der Waals surface area contributed by atoms with E-state index in [0.717, 1.165) is 29.4 Å². The molecular formula is C11H14BrNO. The van der Waals surface area contributed by atoms with Crippen LogP contribution in [0.15, 0.2) is 22.8 Å². The van der Waals surface area contributed by atoms with Gasteiger partial charge in [0, 0.05) is 22.3 Å². The van der Waals surface area contributed by atoms with Crippen LogP contribution in [0.1, 0.15) is 37.3 Å². The fourth-order valence-electron chi connectivity index (χ4n) is 2.06. The Morgan fingerprint density at radius 1 is 1.29 bits per heavy atom. The molecule has 1 aromatic rings. The average Bonchev–Trinajstić information content (AvgIpc) is 2.20. The molecule has 3 heteroatoms. The van der Waals surface area contributed by atoms with Crippen LogP contribution in [0, 0.1) is 0 Å². The Bertz CT molecular complexity index is 299. The van der Waals surface area contributed by atoms with Crippen LogP contribution in [-0.2, 0) is 0 Å². The number of halogens is 1. The van der Waals surface area contributed by atoms with Crippen molar-refractivity contribution in [2.24, 2.45) is 0 Å². The molecule has 0 amide bonds. The molecule has 2 nitrogen and oxygen atoms in total. The second-order valence-electron chi connectivity index (χ2n) is 3.86. The Balaban J connectivity index is 2.16. The lowest BCUT2D eigenvalue weighted by Gasteiger charge is -2.26. The zero-order valence-electron chi connectivity index (χ0n) is 7.99. The van der Waals surface area contributed by atoms with E-state index in [1.54, 1.807) is 6.20 Å². The standard InChI is InChI=1S/C11H14BrNO/c12-8-5-6-10(13-7-8)9-3-1-2-4-11(9)14/h5-7,9,11,14H,1-4H2/t9-,11+/m0/s1. The van der Waals surface area contributed by atoms with Crippen molar-refractivity contribution in [3.05, 3.63) is 28.5 Å². The predicted molar refractivity (Wildman–Crippen MR) is 59.2 cm³/mol. The molecule has 0 saturated heterocycles. The smallest absolute Gasteiger partial charge is 0.0623 e. The van der Waals surface area contributed by atoms with Gasteiger partial charge in [-0.3, -0.25) is 4.98 Å². The first-order valence-electron chi connectivity index (χ1n) is 5.07. The Labute approximate surface area is 92.5 Å². The van der Waals surface area contributed by atoms with Gasteiger partial charge in [0.15, 0.2) is 0 Å². The zero-order chi connectivity index (χ0) is 9.97. The van der Waals surface area contributed by atoms with Crippen LogP contribution < -0.4 is 0 Å². The fourth-order valence-corrected chi connectivity index (χ4v) is 2.30. The Hall–Kier alpha value is -0.410. The minimum absolute atomic E-state index is 0.197. The van der Waals surface area contributed by atoms with E-state index in [1.807, 2.05) is 12.1 Å². The summed E-state index contributed by atoms with van der Waals surface area (Å²) < 4.78 is 0.992. The Kier molecular flexibility index (Phi) is 3.19. The van der Waals surface area contributed by atoms with Crippen LogP contribution >= 0.6 is 15.9 Å². The van der Waals surface area contributed by atoms with Crippen LogP contribution in [0.3, 0.4) is 0 Å². The molecule has 1 aliphatic carbocycles. The van der Waals surface area contributed by atoms with E-state index >= 15 is 0 Å². The van der Waals surface area contributed by atoms with Crippen molar-refractivity contribution >= 4 is 15.9 Å². The molecule has 0 aromatic carbocycles. The quantitative estimate of drug-likeness (QED) is 0.838. The van der Waals surface area contributed by atoms with E-state index in [2.05, 4.69) is 20.9 Å². The summed E-state index contributed by atoms with van der Waals surface area (Å²) in [6.45, 7) is 0. The van der Waals surface area contributed by atoms with Crippen molar-refractivity contribution in [1.29, 1.82) is 0 Å². The van der Waals surface area contributed by atoms with Crippen LogP contribution in [0.2, 0.25) is 0 Å². The monoisotopic (exact) mass is 255 g/mol. The molecule has 1 saturated carbocycles. The second kappa shape index (κ2) is 4.41. The van der Waals surface area contributed by atoms with Gasteiger partial charge in [-0.05, 0) is 40.9 Å². The summed E-state index contributed by atoms with van der Waals surface area (Å²) in [5.74, 6) is 0.247. The van der Waals surface area contributed by atoms with Crippen molar-refractivity contribution in [3.8, 4) is 0 Å². The number of aliphatic hydroxyl groups is 1. The van der Waals surface area contributed by atoms with E-state index in [0.29, 0.717) is 0 Å². The molecule has 0 unspecified atom stereocenters. The molecule has 0 bridgehead atoms. The van der Waals surface area contributed by atoms with Crippen molar-refractivity contribution in [2.75, 3.05) is 0 Å². The molecule has 0 spiro atoms. The number of nitrogens with zero attached hydrogens (tertiary/aromatic N) is 1. The predicted octanol–water partition coefficient (Wildman–Crippen LogP) is 2.86. The topological polar surface area (TPSA) is 33.1 Å². The number of pyridine rings is 1. The molecule has 0 aliphatic heterocycles. The highest BCUT2D eigenvalue weighted by Crippen LogP contribution is 2.32. The fraction of sp³-hybridized carbons (Fsp3) is 0.545. The first-order chi connectivity index (χ1) is 6.77. The molecule has 1 N–H and O–H groups in total. The Morgan fingerprint density at radius 3 is 2.71 bits per heavy atom. The van der Waals surface area contributed by atoms with E-state index < -0.39 is 0 Å². The van der Waals surface area contributed by atoms with Gasteiger partial charge in [0.05, 0.1) is 6.10 Å². The highest BCUT2D eigenvalue weighted by atomic mass is 79.9. The largest absolute Gasteiger partial charge is 0.392 e. The number of rotatable bonds is 1. The third-order valence-corrected chi connectivity index (χ3v) is 3.33. The first-order valence-corrected chi connectivity index (χ1v) is 5.86. The van der Waals surface area contributed by atoms with Gasteiger partial charge in [-0.15, -0.1) is 0 Å².